The van der Waals surface area contributed by atoms with Crippen LogP contribution in [-0.2, 0) is 14.3 Å². The summed E-state index contributed by atoms with van der Waals surface area (Å²) >= 11 is 0. The Labute approximate surface area is 165 Å². The van der Waals surface area contributed by atoms with Gasteiger partial charge in [0.25, 0.3) is 0 Å². The monoisotopic (exact) mass is 404 g/mol. The van der Waals surface area contributed by atoms with Crippen LogP contribution in [0.15, 0.2) is 48.5 Å². The topological polar surface area (TPSA) is 170 Å². The first-order valence-electron chi connectivity index (χ1n) is 8.15. The molecule has 0 amide bonds. The van der Waals surface area contributed by atoms with E-state index in [9.17, 15) is 29.4 Å². The van der Waals surface area contributed by atoms with Crippen LogP contribution in [0.5, 0.6) is 0 Å². The van der Waals surface area contributed by atoms with Gasteiger partial charge in [0, 0.05) is 5.56 Å². The number of aryl methyl sites for hydroxylation is 2. The molecule has 0 aliphatic heterocycles. The van der Waals surface area contributed by atoms with Crippen molar-refractivity contribution >= 4 is 23.7 Å². The second kappa shape index (κ2) is 9.09. The molecule has 0 spiro atoms. The van der Waals surface area contributed by atoms with Gasteiger partial charge in [-0.05, 0) is 26.0 Å². The maximum absolute atomic E-state index is 12.9. The highest BCUT2D eigenvalue weighted by Gasteiger charge is 2.59. The van der Waals surface area contributed by atoms with Gasteiger partial charge in [0.15, 0.2) is 0 Å². The highest BCUT2D eigenvalue weighted by atomic mass is 16.6. The lowest BCUT2D eigenvalue weighted by atomic mass is 9.86. The molecule has 2 unspecified atom stereocenters. The fraction of sp³-hybridized carbons (Fsp3) is 0.200. The molecule has 29 heavy (non-hydrogen) atoms. The fourth-order valence-corrected chi connectivity index (χ4v) is 2.47. The number of hydrogen-bond acceptors (Lipinski definition) is 6. The lowest BCUT2D eigenvalue weighted by Gasteiger charge is -2.30. The third-order valence-electron chi connectivity index (χ3n) is 4.13. The van der Waals surface area contributed by atoms with Gasteiger partial charge in [-0.15, -0.1) is 0 Å². The third-order valence-corrected chi connectivity index (χ3v) is 4.13. The molecule has 0 saturated heterocycles. The van der Waals surface area contributed by atoms with Crippen LogP contribution in [-0.4, -0.2) is 56.2 Å². The zero-order valence-corrected chi connectivity index (χ0v) is 15.6. The van der Waals surface area contributed by atoms with Crippen LogP contribution in [0.1, 0.15) is 31.8 Å². The maximum Gasteiger partial charge on any atom is 0.360 e. The molecule has 2 rings (SSSR count). The minimum atomic E-state index is -3.36. The van der Waals surface area contributed by atoms with E-state index in [-0.39, 0.29) is 16.6 Å². The molecule has 2 aromatic rings. The van der Waals surface area contributed by atoms with Crippen molar-refractivity contribution in [2.45, 2.75) is 25.6 Å². The predicted octanol–water partition coefficient (Wildman–Crippen LogP) is 0.787. The van der Waals surface area contributed by atoms with Gasteiger partial charge in [0.05, 0.1) is 5.56 Å². The Morgan fingerprint density at radius 3 is 1.62 bits per heavy atom. The van der Waals surface area contributed by atoms with Gasteiger partial charge in [-0.25, -0.2) is 14.4 Å². The molecular formula is C20H20O9. The average Bonchev–Trinajstić information content (AvgIpc) is 2.65. The molecule has 0 fully saturated rings. The first kappa shape index (κ1) is 23.5. The zero-order chi connectivity index (χ0) is 21.1. The minimum Gasteiger partial charge on any atom is -0.479 e. The van der Waals surface area contributed by atoms with Crippen molar-refractivity contribution in [1.82, 2.24) is 0 Å². The molecule has 9 nitrogen and oxygen atoms in total. The van der Waals surface area contributed by atoms with Crippen LogP contribution < -0.4 is 0 Å². The normalized spacial score (nSPS) is 13.3. The van der Waals surface area contributed by atoms with Crippen LogP contribution in [0.2, 0.25) is 0 Å². The molecule has 9 heteroatoms. The molecule has 154 valence electrons. The van der Waals surface area contributed by atoms with E-state index in [0.717, 1.165) is 11.1 Å². The number of aliphatic hydroxyl groups is 1. The van der Waals surface area contributed by atoms with Crippen molar-refractivity contribution < 1.29 is 44.7 Å². The summed E-state index contributed by atoms with van der Waals surface area (Å²) in [5.41, 5.74) is -2.13. The lowest BCUT2D eigenvalue weighted by Crippen LogP contribution is -2.61. The minimum absolute atomic E-state index is 0. The summed E-state index contributed by atoms with van der Waals surface area (Å²) in [4.78, 5) is 48.7. The van der Waals surface area contributed by atoms with E-state index in [2.05, 4.69) is 0 Å². The van der Waals surface area contributed by atoms with Crippen molar-refractivity contribution in [3.05, 3.63) is 70.8 Å². The zero-order valence-electron chi connectivity index (χ0n) is 15.6. The van der Waals surface area contributed by atoms with E-state index in [1.54, 1.807) is 26.0 Å². The van der Waals surface area contributed by atoms with Crippen molar-refractivity contribution in [3.8, 4) is 0 Å². The number of carbonyl (C=O) groups is 4. The molecule has 5 N–H and O–H groups in total. The van der Waals surface area contributed by atoms with Gasteiger partial charge in [-0.1, -0.05) is 47.5 Å². The highest BCUT2D eigenvalue weighted by Crippen LogP contribution is 2.26. The van der Waals surface area contributed by atoms with Crippen molar-refractivity contribution in [2.75, 3.05) is 0 Å². The Bertz CT molecular complexity index is 916. The number of carbonyl (C=O) groups excluding carboxylic acids is 2. The number of ether oxygens (including phenoxy) is 1. The second-order valence-electron chi connectivity index (χ2n) is 6.23. The number of aliphatic hydroxyl groups excluding tert-OH is 1. The van der Waals surface area contributed by atoms with E-state index in [1.165, 1.54) is 36.4 Å². The summed E-state index contributed by atoms with van der Waals surface area (Å²) in [7, 11) is 0. The Morgan fingerprint density at radius 2 is 1.24 bits per heavy atom. The smallest absolute Gasteiger partial charge is 0.360 e. The highest BCUT2D eigenvalue weighted by molar-refractivity contribution is 6.19. The Balaban J connectivity index is 0.00000420. The first-order valence-corrected chi connectivity index (χ1v) is 8.15. The largest absolute Gasteiger partial charge is 0.479 e. The summed E-state index contributed by atoms with van der Waals surface area (Å²) in [6.07, 6.45) is -2.83. The number of benzene rings is 2. The summed E-state index contributed by atoms with van der Waals surface area (Å²) in [6.45, 7) is 3.48. The predicted molar refractivity (Wildman–Crippen MR) is 99.7 cm³/mol. The maximum atomic E-state index is 12.9. The molecule has 2 atom stereocenters. The first-order chi connectivity index (χ1) is 13.1. The van der Waals surface area contributed by atoms with Crippen molar-refractivity contribution in [1.29, 1.82) is 0 Å². The van der Waals surface area contributed by atoms with Crippen LogP contribution in [0, 0.1) is 13.8 Å². The van der Waals surface area contributed by atoms with Crippen molar-refractivity contribution in [3.63, 3.8) is 0 Å². The Hall–Kier alpha value is -3.56. The molecular weight excluding hydrogens is 384 g/mol. The van der Waals surface area contributed by atoms with Gasteiger partial charge in [0.1, 0.15) is 0 Å². The lowest BCUT2D eigenvalue weighted by molar-refractivity contribution is -0.176. The molecule has 2 aromatic carbocycles. The van der Waals surface area contributed by atoms with Crippen molar-refractivity contribution in [2.24, 2.45) is 0 Å². The SMILES string of the molecule is Cc1ccc(C(=O)OC(C(=O)O)(C(=O)c2ccc(C)cc2)C(O)C(=O)O)cc1.O. The van der Waals surface area contributed by atoms with Crippen LogP contribution in [0.25, 0.3) is 0 Å². The number of Topliss-reactive ketones (excluding diaryl/α,β-unsaturated/α-hetero) is 1. The number of aliphatic carboxylic acids is 2. The second-order valence-corrected chi connectivity index (χ2v) is 6.23. The number of ketones is 1. The Kier molecular flexibility index (Phi) is 7.36. The molecule has 0 aliphatic rings. The molecule has 0 aliphatic carbocycles. The quantitative estimate of drug-likeness (QED) is 0.345. The van der Waals surface area contributed by atoms with Gasteiger partial charge in [-0.3, -0.25) is 4.79 Å². The van der Waals surface area contributed by atoms with Gasteiger partial charge >= 0.3 is 23.5 Å². The third kappa shape index (κ3) is 4.65. The van der Waals surface area contributed by atoms with E-state index < -0.39 is 35.4 Å². The Morgan fingerprint density at radius 1 is 0.828 bits per heavy atom. The van der Waals surface area contributed by atoms with E-state index in [0.29, 0.717) is 0 Å². The molecule has 0 heterocycles. The molecule has 0 radical (unpaired) electrons. The number of carboxylic acid groups (broad SMARTS) is 2. The van der Waals surface area contributed by atoms with Gasteiger partial charge in [-0.2, -0.15) is 0 Å². The van der Waals surface area contributed by atoms with E-state index in [1.807, 2.05) is 0 Å². The van der Waals surface area contributed by atoms with E-state index in [4.69, 9.17) is 9.84 Å². The number of hydrogen-bond donors (Lipinski definition) is 3. The van der Waals surface area contributed by atoms with Gasteiger partial charge < -0.3 is 25.5 Å². The fourth-order valence-electron chi connectivity index (χ4n) is 2.47. The summed E-state index contributed by atoms with van der Waals surface area (Å²) < 4.78 is 4.88. The van der Waals surface area contributed by atoms with Crippen LogP contribution in [0.3, 0.4) is 0 Å². The average molecular weight is 404 g/mol. The summed E-state index contributed by atoms with van der Waals surface area (Å²) in [6, 6.07) is 11.3. The van der Waals surface area contributed by atoms with Crippen LogP contribution in [0.4, 0.5) is 0 Å². The van der Waals surface area contributed by atoms with Gasteiger partial charge in [0.2, 0.25) is 11.9 Å². The summed E-state index contributed by atoms with van der Waals surface area (Å²) in [5, 5.41) is 28.9. The standard InChI is InChI=1S/C20H18O8.H2O/c1-11-3-7-13(8-4-11)15(21)20(19(26)27,16(22)17(23)24)28-18(25)14-9-5-12(2)6-10-14;/h3-10,16,22H,1-2H3,(H,23,24)(H,26,27);1H2. The number of rotatable bonds is 7. The summed E-state index contributed by atoms with van der Waals surface area (Å²) in [5.74, 6) is -6.76. The number of carboxylic acids is 2. The van der Waals surface area contributed by atoms with Crippen LogP contribution >= 0.6 is 0 Å². The number of esters is 1. The molecule has 0 bridgehead atoms. The molecule has 0 aromatic heterocycles. The molecule has 0 saturated carbocycles. The van der Waals surface area contributed by atoms with E-state index >= 15 is 0 Å².